The molecule has 0 amide bonds. The molecule has 2 aliphatic rings. The Bertz CT molecular complexity index is 1300. The second-order valence-electron chi connectivity index (χ2n) is 8.74. The van der Waals surface area contributed by atoms with E-state index in [4.69, 9.17) is 9.47 Å². The summed E-state index contributed by atoms with van der Waals surface area (Å²) in [6, 6.07) is 9.27. The van der Waals surface area contributed by atoms with Crippen LogP contribution in [0, 0.1) is 6.92 Å². The van der Waals surface area contributed by atoms with Gasteiger partial charge < -0.3 is 14.4 Å². The second-order valence-corrected chi connectivity index (χ2v) is 10.9. The van der Waals surface area contributed by atoms with Crippen LogP contribution in [-0.4, -0.2) is 70.4 Å². The van der Waals surface area contributed by atoms with Crippen LogP contribution in [0.1, 0.15) is 29.8 Å². The van der Waals surface area contributed by atoms with Crippen LogP contribution in [0.5, 0.6) is 5.88 Å². The third-order valence-electron chi connectivity index (χ3n) is 6.25. The first-order valence-electron chi connectivity index (χ1n) is 11.1. The summed E-state index contributed by atoms with van der Waals surface area (Å²) in [4.78, 5) is 1.98. The van der Waals surface area contributed by atoms with E-state index in [1.807, 2.05) is 4.90 Å². The Balaban J connectivity index is 1.25. The van der Waals surface area contributed by atoms with Crippen molar-refractivity contribution in [3.05, 3.63) is 53.3 Å². The van der Waals surface area contributed by atoms with Crippen molar-refractivity contribution < 1.29 is 26.7 Å². The maximum atomic E-state index is 12.8. The third kappa shape index (κ3) is 4.96. The molecule has 3 aromatic rings. The van der Waals surface area contributed by atoms with Gasteiger partial charge >= 0.3 is 0 Å². The fourth-order valence-electron chi connectivity index (χ4n) is 4.38. The molecule has 0 radical (unpaired) electrons. The van der Waals surface area contributed by atoms with Crippen molar-refractivity contribution in [3.63, 3.8) is 0 Å². The lowest BCUT2D eigenvalue weighted by atomic mass is 10.0. The highest BCUT2D eigenvalue weighted by Gasteiger charge is 2.46. The zero-order chi connectivity index (χ0) is 24.6. The number of hydrogen-bond donors (Lipinski definition) is 0. The van der Waals surface area contributed by atoms with Crippen molar-refractivity contribution in [2.24, 2.45) is 0 Å². The van der Waals surface area contributed by atoms with Gasteiger partial charge in [0.2, 0.25) is 5.88 Å². The molecule has 13 heteroatoms. The normalized spacial score (nSPS) is 21.7. The lowest BCUT2D eigenvalue weighted by molar-refractivity contribution is -0.0362. The molecule has 0 bridgehead atoms. The summed E-state index contributed by atoms with van der Waals surface area (Å²) in [5.41, 5.74) is 1.12. The molecule has 10 nitrogen and oxygen atoms in total. The van der Waals surface area contributed by atoms with Gasteiger partial charge in [-0.2, -0.15) is 0 Å². The molecular weight excluding hydrogens is 482 g/mol. The molecule has 1 unspecified atom stereocenters. The van der Waals surface area contributed by atoms with Crippen LogP contribution in [0.3, 0.4) is 0 Å². The number of aromatic nitrogens is 5. The third-order valence-corrected chi connectivity index (χ3v) is 8.05. The van der Waals surface area contributed by atoms with Gasteiger partial charge in [0.05, 0.1) is 29.5 Å². The number of anilines is 1. The molecule has 2 aliphatic heterocycles. The molecule has 0 aliphatic carbocycles. The van der Waals surface area contributed by atoms with Crippen molar-refractivity contribution in [2.75, 3.05) is 36.1 Å². The number of nitrogens with zero attached hydrogens (tertiary/aromatic N) is 6. The monoisotopic (exact) mass is 506 g/mol. The zero-order valence-electron chi connectivity index (χ0n) is 19.0. The molecule has 1 atom stereocenters. The first-order valence-corrected chi connectivity index (χ1v) is 12.9. The van der Waals surface area contributed by atoms with E-state index in [2.05, 4.69) is 20.5 Å². The Morgan fingerprint density at radius 3 is 2.60 bits per heavy atom. The van der Waals surface area contributed by atoms with Gasteiger partial charge in [0.1, 0.15) is 17.9 Å². The zero-order valence-corrected chi connectivity index (χ0v) is 19.8. The number of alkyl halides is 2. The van der Waals surface area contributed by atoms with Gasteiger partial charge in [-0.15, -0.1) is 15.3 Å². The molecule has 0 N–H and O–H groups in total. The molecule has 2 fully saturated rings. The molecule has 0 saturated carbocycles. The summed E-state index contributed by atoms with van der Waals surface area (Å²) >= 11 is 0. The lowest BCUT2D eigenvalue weighted by Gasteiger charge is -2.40. The van der Waals surface area contributed by atoms with Gasteiger partial charge in [-0.1, -0.05) is 17.3 Å². The van der Waals surface area contributed by atoms with Crippen LogP contribution in [0.2, 0.25) is 0 Å². The molecule has 186 valence electrons. The van der Waals surface area contributed by atoms with E-state index in [-0.39, 0.29) is 23.7 Å². The number of benzene rings is 1. The fraction of sp³-hybridized carbons (Fsp3) is 0.455. The number of hydrogen-bond acceptors (Lipinski definition) is 9. The first kappa shape index (κ1) is 23.5. The Morgan fingerprint density at radius 1 is 1.14 bits per heavy atom. The highest BCUT2D eigenvalue weighted by Crippen LogP contribution is 2.32. The molecule has 1 aromatic carbocycles. The summed E-state index contributed by atoms with van der Waals surface area (Å²) in [6.07, 6.45) is -2.06. The van der Waals surface area contributed by atoms with Crippen molar-refractivity contribution >= 4 is 15.7 Å². The maximum absolute atomic E-state index is 12.8. The van der Waals surface area contributed by atoms with E-state index >= 15 is 0 Å². The van der Waals surface area contributed by atoms with Crippen LogP contribution in [-0.2, 0) is 21.2 Å². The molecule has 5 rings (SSSR count). The summed E-state index contributed by atoms with van der Waals surface area (Å²) in [5, 5.41) is 16.6. The van der Waals surface area contributed by atoms with Crippen molar-refractivity contribution in [1.29, 1.82) is 0 Å². The van der Waals surface area contributed by atoms with E-state index in [0.29, 0.717) is 54.9 Å². The number of aryl methyl sites for hydroxylation is 1. The number of halogens is 2. The van der Waals surface area contributed by atoms with E-state index < -0.39 is 21.9 Å². The largest absolute Gasteiger partial charge is 0.470 e. The number of sulfone groups is 1. The topological polar surface area (TPSA) is 112 Å². The van der Waals surface area contributed by atoms with E-state index in [1.54, 1.807) is 31.2 Å². The number of morpholine rings is 1. The van der Waals surface area contributed by atoms with Crippen LogP contribution in [0.4, 0.5) is 14.6 Å². The number of ether oxygens (including phenoxy) is 2. The Labute approximate surface area is 200 Å². The van der Waals surface area contributed by atoms with E-state index in [9.17, 15) is 17.2 Å². The molecular formula is C22H24F2N6O4S. The Kier molecular flexibility index (Phi) is 6.13. The van der Waals surface area contributed by atoms with Gasteiger partial charge in [0, 0.05) is 24.7 Å². The molecule has 1 spiro atoms. The van der Waals surface area contributed by atoms with Crippen LogP contribution in [0.25, 0.3) is 5.69 Å². The quantitative estimate of drug-likeness (QED) is 0.497. The molecule has 35 heavy (non-hydrogen) atoms. The maximum Gasteiger partial charge on any atom is 0.263 e. The van der Waals surface area contributed by atoms with Gasteiger partial charge in [-0.3, -0.25) is 0 Å². The van der Waals surface area contributed by atoms with Gasteiger partial charge in [-0.05, 0) is 31.5 Å². The van der Waals surface area contributed by atoms with E-state index in [0.717, 1.165) is 0 Å². The first-order chi connectivity index (χ1) is 16.7. The lowest BCUT2D eigenvalue weighted by Crippen LogP contribution is -2.53. The Morgan fingerprint density at radius 2 is 1.94 bits per heavy atom. The minimum absolute atomic E-state index is 0.0249. The van der Waals surface area contributed by atoms with Gasteiger partial charge in [0.15, 0.2) is 15.7 Å². The van der Waals surface area contributed by atoms with Crippen molar-refractivity contribution in [1.82, 2.24) is 25.2 Å². The molecule has 4 heterocycles. The van der Waals surface area contributed by atoms with Gasteiger partial charge in [-0.25, -0.2) is 21.9 Å². The average Bonchev–Trinajstić information content (AvgIpc) is 3.36. The summed E-state index contributed by atoms with van der Waals surface area (Å²) in [6.45, 7) is 3.33. The van der Waals surface area contributed by atoms with Crippen LogP contribution < -0.4 is 9.64 Å². The standard InChI is InChI=1S/C22H24F2N6O4S/c1-15-18(30(28-25-15)17-4-2-16(3-5-17)21(23)24)12-33-20-7-6-19(26-27-20)29-9-10-34-22(13-29)8-11-35(31,32)14-22/h2-7,21H,8-14H2,1H3. The summed E-state index contributed by atoms with van der Waals surface area (Å²) in [5.74, 6) is 1.07. The summed E-state index contributed by atoms with van der Waals surface area (Å²) < 4.78 is 62.8. The predicted molar refractivity (Wildman–Crippen MR) is 122 cm³/mol. The van der Waals surface area contributed by atoms with Crippen molar-refractivity contribution in [2.45, 2.75) is 32.0 Å². The van der Waals surface area contributed by atoms with Crippen LogP contribution in [0.15, 0.2) is 36.4 Å². The van der Waals surface area contributed by atoms with Gasteiger partial charge in [0.25, 0.3) is 6.43 Å². The van der Waals surface area contributed by atoms with E-state index in [1.165, 1.54) is 16.8 Å². The Hall–Kier alpha value is -3.19. The predicted octanol–water partition coefficient (Wildman–Crippen LogP) is 2.28. The second kappa shape index (κ2) is 9.11. The molecule has 2 saturated heterocycles. The minimum Gasteiger partial charge on any atom is -0.470 e. The minimum atomic E-state index is -3.08. The highest BCUT2D eigenvalue weighted by atomic mass is 32.2. The SMILES string of the molecule is Cc1nnn(-c2ccc(C(F)F)cc2)c1COc1ccc(N2CCOC3(CCS(=O)(=O)C3)C2)nn1. The fourth-order valence-corrected chi connectivity index (χ4v) is 6.33. The van der Waals surface area contributed by atoms with Crippen molar-refractivity contribution in [3.8, 4) is 11.6 Å². The molecule has 2 aromatic heterocycles. The average molecular weight is 507 g/mol. The highest BCUT2D eigenvalue weighted by molar-refractivity contribution is 7.91. The van der Waals surface area contributed by atoms with Crippen LogP contribution >= 0.6 is 0 Å². The number of rotatable bonds is 6. The smallest absolute Gasteiger partial charge is 0.263 e. The summed E-state index contributed by atoms with van der Waals surface area (Å²) in [7, 11) is -3.08.